The highest BCUT2D eigenvalue weighted by molar-refractivity contribution is 5.97. The normalized spacial score (nSPS) is 16.1. The third-order valence-electron chi connectivity index (χ3n) is 7.71. The van der Waals surface area contributed by atoms with E-state index in [4.69, 9.17) is 4.74 Å². The van der Waals surface area contributed by atoms with E-state index in [1.165, 1.54) is 0 Å². The highest BCUT2D eigenvalue weighted by atomic mass is 16.5. The Balaban J connectivity index is 1.17. The summed E-state index contributed by atoms with van der Waals surface area (Å²) in [5.41, 5.74) is 4.83. The Morgan fingerprint density at radius 2 is 1.69 bits per heavy atom. The monoisotopic (exact) mass is 524 g/mol. The van der Waals surface area contributed by atoms with Crippen molar-refractivity contribution in [3.8, 4) is 28.1 Å². The molecule has 200 valence electrons. The van der Waals surface area contributed by atoms with Crippen LogP contribution in [0.1, 0.15) is 23.2 Å². The van der Waals surface area contributed by atoms with Crippen molar-refractivity contribution in [2.75, 3.05) is 52.9 Å². The molecule has 0 aliphatic carbocycles. The fourth-order valence-corrected chi connectivity index (χ4v) is 5.50. The lowest BCUT2D eigenvalue weighted by Gasteiger charge is -2.35. The number of carbonyl (C=O) groups excluding carboxylic acids is 2. The van der Waals surface area contributed by atoms with E-state index in [0.717, 1.165) is 59.5 Å². The molecular formula is C30H32N6O3. The van der Waals surface area contributed by atoms with E-state index in [-0.39, 0.29) is 11.8 Å². The number of fused-ring (bicyclic) bond motifs is 1. The molecule has 9 heteroatoms. The first-order valence-electron chi connectivity index (χ1n) is 13.5. The minimum Gasteiger partial charge on any atom is -0.496 e. The molecule has 4 heterocycles. The largest absolute Gasteiger partial charge is 0.496 e. The van der Waals surface area contributed by atoms with Gasteiger partial charge in [0.05, 0.1) is 19.3 Å². The molecule has 2 amide bonds. The van der Waals surface area contributed by atoms with Crippen molar-refractivity contribution in [2.45, 2.75) is 12.8 Å². The molecule has 2 aliphatic rings. The molecule has 4 aromatic rings. The molecule has 0 unspecified atom stereocenters. The lowest BCUT2D eigenvalue weighted by atomic mass is 10.0. The molecule has 1 N–H and O–H groups in total. The van der Waals surface area contributed by atoms with Gasteiger partial charge in [-0.15, -0.1) is 0 Å². The van der Waals surface area contributed by atoms with Crippen LogP contribution in [0.4, 0.5) is 0 Å². The van der Waals surface area contributed by atoms with E-state index < -0.39 is 0 Å². The van der Waals surface area contributed by atoms with Gasteiger partial charge in [0.1, 0.15) is 5.75 Å². The topological polar surface area (TPSA) is 94.7 Å². The number of likely N-dealkylation sites (tertiary alicyclic amines) is 1. The van der Waals surface area contributed by atoms with Gasteiger partial charge in [0.25, 0.3) is 5.91 Å². The van der Waals surface area contributed by atoms with E-state index in [2.05, 4.69) is 20.1 Å². The summed E-state index contributed by atoms with van der Waals surface area (Å²) >= 11 is 0. The van der Waals surface area contributed by atoms with Gasteiger partial charge in [0.2, 0.25) is 5.91 Å². The Morgan fingerprint density at radius 1 is 0.897 bits per heavy atom. The van der Waals surface area contributed by atoms with E-state index in [0.29, 0.717) is 43.9 Å². The number of amides is 2. The number of nitrogens with one attached hydrogen (secondary N) is 1. The lowest BCUT2D eigenvalue weighted by molar-refractivity contribution is -0.131. The van der Waals surface area contributed by atoms with Gasteiger partial charge in [-0.1, -0.05) is 24.3 Å². The van der Waals surface area contributed by atoms with Crippen molar-refractivity contribution in [2.24, 2.45) is 0 Å². The van der Waals surface area contributed by atoms with Crippen LogP contribution in [0.3, 0.4) is 0 Å². The maximum absolute atomic E-state index is 13.4. The van der Waals surface area contributed by atoms with Crippen LogP contribution in [-0.4, -0.2) is 94.6 Å². The number of ether oxygens (including phenoxy) is 1. The van der Waals surface area contributed by atoms with Gasteiger partial charge >= 0.3 is 0 Å². The van der Waals surface area contributed by atoms with Gasteiger partial charge in [-0.3, -0.25) is 19.6 Å². The number of hydrogen-bond acceptors (Lipinski definition) is 6. The Morgan fingerprint density at radius 3 is 2.49 bits per heavy atom. The lowest BCUT2D eigenvalue weighted by Crippen LogP contribution is -2.51. The van der Waals surface area contributed by atoms with Gasteiger partial charge < -0.3 is 14.5 Å². The second kappa shape index (κ2) is 10.9. The van der Waals surface area contributed by atoms with Gasteiger partial charge in [-0.25, -0.2) is 4.98 Å². The first-order valence-corrected chi connectivity index (χ1v) is 13.5. The third-order valence-corrected chi connectivity index (χ3v) is 7.71. The molecule has 2 aromatic heterocycles. The second-order valence-corrected chi connectivity index (χ2v) is 10.1. The van der Waals surface area contributed by atoms with E-state index in [1.807, 2.05) is 64.4 Å². The summed E-state index contributed by atoms with van der Waals surface area (Å²) in [6, 6.07) is 17.5. The fourth-order valence-electron chi connectivity index (χ4n) is 5.50. The van der Waals surface area contributed by atoms with Gasteiger partial charge in [-0.05, 0) is 48.7 Å². The van der Waals surface area contributed by atoms with E-state index in [9.17, 15) is 9.59 Å². The summed E-state index contributed by atoms with van der Waals surface area (Å²) < 4.78 is 5.55. The van der Waals surface area contributed by atoms with Crippen LogP contribution in [0.5, 0.6) is 5.75 Å². The number of hydrogen-bond donors (Lipinski definition) is 1. The Labute approximate surface area is 227 Å². The number of benzene rings is 2. The van der Waals surface area contributed by atoms with Crippen molar-refractivity contribution in [3.05, 3.63) is 66.4 Å². The van der Waals surface area contributed by atoms with E-state index in [1.54, 1.807) is 13.3 Å². The van der Waals surface area contributed by atoms with Crippen LogP contribution < -0.4 is 4.74 Å². The van der Waals surface area contributed by atoms with Crippen LogP contribution >= 0.6 is 0 Å². The van der Waals surface area contributed by atoms with Crippen molar-refractivity contribution in [1.29, 1.82) is 0 Å². The van der Waals surface area contributed by atoms with Crippen LogP contribution in [0, 0.1) is 0 Å². The van der Waals surface area contributed by atoms with Crippen LogP contribution in [0.15, 0.2) is 60.8 Å². The average molecular weight is 525 g/mol. The number of methoxy groups -OCH3 is 1. The number of H-pyrrole nitrogens is 1. The highest BCUT2D eigenvalue weighted by Crippen LogP contribution is 2.34. The Hall–Kier alpha value is -4.24. The molecule has 0 bridgehead atoms. The third kappa shape index (κ3) is 5.09. The molecule has 2 fully saturated rings. The van der Waals surface area contributed by atoms with Crippen LogP contribution in [-0.2, 0) is 4.79 Å². The standard InChI is InChI=1S/C30H32N6O3/c1-39-26-10-3-2-9-24(26)28-25-18-23(19-31-29(25)33-32-28)21-7-6-8-22(17-21)30(38)36-15-13-34(14-16-36)20-27(37)35-11-4-5-12-35/h2-3,6-10,17-19H,4-5,11-16,20H2,1H3,(H,31,32,33). The number of nitrogens with zero attached hydrogens (tertiary/aromatic N) is 5. The maximum Gasteiger partial charge on any atom is 0.253 e. The second-order valence-electron chi connectivity index (χ2n) is 10.1. The quantitative estimate of drug-likeness (QED) is 0.414. The van der Waals surface area contributed by atoms with Crippen molar-refractivity contribution < 1.29 is 14.3 Å². The number of para-hydroxylation sites is 1. The predicted octanol–water partition coefficient (Wildman–Crippen LogP) is 3.68. The first kappa shape index (κ1) is 25.1. The highest BCUT2D eigenvalue weighted by Gasteiger charge is 2.26. The van der Waals surface area contributed by atoms with Crippen molar-refractivity contribution in [3.63, 3.8) is 0 Å². The molecule has 0 radical (unpaired) electrons. The molecule has 9 nitrogen and oxygen atoms in total. The molecule has 2 aliphatic heterocycles. The summed E-state index contributed by atoms with van der Waals surface area (Å²) in [5, 5.41) is 8.37. The SMILES string of the molecule is COc1ccccc1-c1[nH]nc2ncc(-c3cccc(C(=O)N4CCN(CC(=O)N5CCCC5)CC4)c3)cc12. The summed E-state index contributed by atoms with van der Waals surface area (Å²) in [7, 11) is 1.65. The van der Waals surface area contributed by atoms with Crippen LogP contribution in [0.2, 0.25) is 0 Å². The van der Waals surface area contributed by atoms with Gasteiger partial charge in [0, 0.05) is 67.5 Å². The van der Waals surface area contributed by atoms with Crippen molar-refractivity contribution >= 4 is 22.8 Å². The fraction of sp³-hybridized carbons (Fsp3) is 0.333. The molecule has 0 atom stereocenters. The zero-order valence-electron chi connectivity index (χ0n) is 22.1. The molecule has 6 rings (SSSR count). The number of aromatic amines is 1. The number of rotatable bonds is 6. The zero-order chi connectivity index (χ0) is 26.8. The Kier molecular flexibility index (Phi) is 6.98. The summed E-state index contributed by atoms with van der Waals surface area (Å²) in [5.74, 6) is 0.966. The molecule has 0 saturated carbocycles. The number of pyridine rings is 1. The summed E-state index contributed by atoms with van der Waals surface area (Å²) in [6.45, 7) is 4.83. The molecule has 2 saturated heterocycles. The van der Waals surface area contributed by atoms with Gasteiger partial charge in [-0.2, -0.15) is 5.10 Å². The zero-order valence-corrected chi connectivity index (χ0v) is 22.1. The number of piperazine rings is 1. The minimum atomic E-state index is 0.00873. The maximum atomic E-state index is 13.4. The number of aromatic nitrogens is 3. The Bertz CT molecular complexity index is 1500. The predicted molar refractivity (Wildman–Crippen MR) is 149 cm³/mol. The molecule has 2 aromatic carbocycles. The molecule has 39 heavy (non-hydrogen) atoms. The summed E-state index contributed by atoms with van der Waals surface area (Å²) in [6.07, 6.45) is 3.99. The summed E-state index contributed by atoms with van der Waals surface area (Å²) in [4.78, 5) is 36.5. The molecule has 0 spiro atoms. The van der Waals surface area contributed by atoms with Gasteiger partial charge in [0.15, 0.2) is 5.65 Å². The van der Waals surface area contributed by atoms with E-state index >= 15 is 0 Å². The number of carbonyl (C=O) groups is 2. The van der Waals surface area contributed by atoms with Crippen LogP contribution in [0.25, 0.3) is 33.4 Å². The van der Waals surface area contributed by atoms with Crippen molar-refractivity contribution in [1.82, 2.24) is 29.9 Å². The molecular weight excluding hydrogens is 492 g/mol. The smallest absolute Gasteiger partial charge is 0.253 e. The first-order chi connectivity index (χ1) is 19.1. The average Bonchev–Trinajstić information content (AvgIpc) is 3.68. The minimum absolute atomic E-state index is 0.00873.